The first-order valence-electron chi connectivity index (χ1n) is 6.94. The first-order chi connectivity index (χ1) is 10.9. The van der Waals surface area contributed by atoms with E-state index in [4.69, 9.17) is 23.8 Å². The van der Waals surface area contributed by atoms with Crippen molar-refractivity contribution in [1.82, 2.24) is 10.3 Å². The van der Waals surface area contributed by atoms with E-state index >= 15 is 0 Å². The van der Waals surface area contributed by atoms with E-state index in [0.717, 1.165) is 16.4 Å². The number of nitrogens with one attached hydrogen (secondary N) is 1. The molecule has 0 spiro atoms. The Kier molecular flexibility index (Phi) is 3.60. The van der Waals surface area contributed by atoms with Gasteiger partial charge in [0.25, 0.3) is 0 Å². The largest absolute Gasteiger partial charge is 0.356 e. The van der Waals surface area contributed by atoms with Crippen LogP contribution in [-0.2, 0) is 9.84 Å². The molecule has 1 N–H and O–H groups in total. The number of halogens is 1. The third-order valence-corrected chi connectivity index (χ3v) is 7.14. The molecule has 23 heavy (non-hydrogen) atoms. The van der Waals surface area contributed by atoms with Crippen LogP contribution < -0.4 is 10.2 Å². The highest BCUT2D eigenvalue weighted by Crippen LogP contribution is 2.34. The molecule has 2 aliphatic heterocycles. The van der Waals surface area contributed by atoms with Crippen LogP contribution in [0.4, 0.5) is 5.13 Å². The van der Waals surface area contributed by atoms with Gasteiger partial charge in [0.2, 0.25) is 0 Å². The Morgan fingerprint density at radius 2 is 2.04 bits per heavy atom. The first kappa shape index (κ1) is 15.3. The van der Waals surface area contributed by atoms with Crippen molar-refractivity contribution >= 4 is 55.2 Å². The Labute approximate surface area is 148 Å². The summed E-state index contributed by atoms with van der Waals surface area (Å²) < 4.78 is 23.7. The van der Waals surface area contributed by atoms with Crippen LogP contribution in [0, 0.1) is 0 Å². The van der Waals surface area contributed by atoms with Crippen molar-refractivity contribution in [3.8, 4) is 11.3 Å². The van der Waals surface area contributed by atoms with Crippen LogP contribution in [0.2, 0.25) is 5.02 Å². The summed E-state index contributed by atoms with van der Waals surface area (Å²) in [4.78, 5) is 6.47. The monoisotopic (exact) mass is 385 g/mol. The van der Waals surface area contributed by atoms with Crippen molar-refractivity contribution in [3.05, 3.63) is 34.7 Å². The van der Waals surface area contributed by atoms with E-state index in [9.17, 15) is 8.42 Å². The predicted molar refractivity (Wildman–Crippen MR) is 97.0 cm³/mol. The molecule has 0 aliphatic carbocycles. The minimum atomic E-state index is -3.02. The minimum Gasteiger partial charge on any atom is -0.356 e. The number of hydrogen-bond donors (Lipinski definition) is 1. The number of anilines is 1. The van der Waals surface area contributed by atoms with Gasteiger partial charge in [-0.2, -0.15) is 0 Å². The summed E-state index contributed by atoms with van der Waals surface area (Å²) in [6.45, 7) is 0. The predicted octanol–water partition coefficient (Wildman–Crippen LogP) is 2.32. The molecule has 1 aromatic heterocycles. The van der Waals surface area contributed by atoms with Crippen LogP contribution >= 0.6 is 35.2 Å². The fourth-order valence-corrected chi connectivity index (χ4v) is 6.30. The summed E-state index contributed by atoms with van der Waals surface area (Å²) >= 11 is 12.7. The van der Waals surface area contributed by atoms with Crippen LogP contribution in [0.15, 0.2) is 29.6 Å². The average molecular weight is 386 g/mol. The minimum absolute atomic E-state index is 0.112. The quantitative estimate of drug-likeness (QED) is 0.800. The SMILES string of the molecule is O=S1(=O)C[C@@H]2[C@@H](C1)NC(=S)N2c1nc(-c2ccc(Cl)cc2)cs1. The maximum Gasteiger partial charge on any atom is 0.192 e. The molecule has 3 heterocycles. The van der Waals surface area contributed by atoms with Gasteiger partial charge in [0, 0.05) is 16.0 Å². The maximum atomic E-state index is 11.8. The zero-order valence-corrected chi connectivity index (χ0v) is 15.0. The van der Waals surface area contributed by atoms with E-state index < -0.39 is 9.84 Å². The molecule has 0 saturated carbocycles. The van der Waals surface area contributed by atoms with Crippen molar-refractivity contribution in [1.29, 1.82) is 0 Å². The van der Waals surface area contributed by atoms with E-state index in [-0.39, 0.29) is 23.6 Å². The highest BCUT2D eigenvalue weighted by atomic mass is 35.5. The van der Waals surface area contributed by atoms with Crippen molar-refractivity contribution in [2.24, 2.45) is 0 Å². The number of aromatic nitrogens is 1. The number of rotatable bonds is 2. The van der Waals surface area contributed by atoms with Crippen LogP contribution in [0.3, 0.4) is 0 Å². The van der Waals surface area contributed by atoms with E-state index in [1.54, 1.807) is 0 Å². The van der Waals surface area contributed by atoms with Crippen molar-refractivity contribution in [2.75, 3.05) is 16.4 Å². The lowest BCUT2D eigenvalue weighted by atomic mass is 10.2. The maximum absolute atomic E-state index is 11.8. The lowest BCUT2D eigenvalue weighted by Gasteiger charge is -2.19. The lowest BCUT2D eigenvalue weighted by Crippen LogP contribution is -2.36. The molecule has 9 heteroatoms. The van der Waals surface area contributed by atoms with Crippen molar-refractivity contribution < 1.29 is 8.42 Å². The molecule has 0 bridgehead atoms. The molecule has 4 rings (SSSR count). The summed E-state index contributed by atoms with van der Waals surface area (Å²) in [5.74, 6) is 0.240. The van der Waals surface area contributed by atoms with E-state index in [2.05, 4.69) is 10.3 Å². The summed E-state index contributed by atoms with van der Waals surface area (Å²) in [5, 5.41) is 6.99. The molecule has 0 radical (unpaired) electrons. The van der Waals surface area contributed by atoms with Gasteiger partial charge in [0.15, 0.2) is 20.1 Å². The van der Waals surface area contributed by atoms with Gasteiger partial charge in [0.1, 0.15) is 0 Å². The van der Waals surface area contributed by atoms with Gasteiger partial charge < -0.3 is 5.32 Å². The lowest BCUT2D eigenvalue weighted by molar-refractivity contribution is 0.600. The zero-order chi connectivity index (χ0) is 16.2. The summed E-state index contributed by atoms with van der Waals surface area (Å²) in [5.41, 5.74) is 1.79. The van der Waals surface area contributed by atoms with Crippen LogP contribution in [0.1, 0.15) is 0 Å². The van der Waals surface area contributed by atoms with Gasteiger partial charge >= 0.3 is 0 Å². The fraction of sp³-hybridized carbons (Fsp3) is 0.286. The molecule has 2 aliphatic rings. The van der Waals surface area contributed by atoms with Gasteiger partial charge in [-0.1, -0.05) is 23.7 Å². The third kappa shape index (κ3) is 2.73. The topological polar surface area (TPSA) is 62.3 Å². The van der Waals surface area contributed by atoms with Gasteiger partial charge in [-0.3, -0.25) is 4.90 Å². The standard InChI is InChI=1S/C14H12ClN3O2S3/c15-9-3-1-8(2-4-9)10-5-22-14(17-10)18-12-7-23(19,20)6-11(12)16-13(18)21/h1-5,11-12H,6-7H2,(H,16,21)/t11-,12-/m1/s1. The molecule has 2 atom stereocenters. The van der Waals surface area contributed by atoms with Gasteiger partial charge in [-0.15, -0.1) is 11.3 Å². The highest BCUT2D eigenvalue weighted by molar-refractivity contribution is 7.91. The van der Waals surface area contributed by atoms with E-state index in [1.807, 2.05) is 34.5 Å². The Hall–Kier alpha value is -1.22. The molecular formula is C14H12ClN3O2S3. The number of benzene rings is 1. The Balaban J connectivity index is 1.66. The zero-order valence-electron chi connectivity index (χ0n) is 11.8. The number of thiocarbonyl (C=S) groups is 1. The van der Waals surface area contributed by atoms with E-state index in [1.165, 1.54) is 11.3 Å². The van der Waals surface area contributed by atoms with Gasteiger partial charge in [-0.25, -0.2) is 13.4 Å². The van der Waals surface area contributed by atoms with Crippen LogP contribution in [-0.4, -0.2) is 42.1 Å². The number of hydrogen-bond acceptors (Lipinski definition) is 5. The molecule has 5 nitrogen and oxygen atoms in total. The fourth-order valence-electron chi connectivity index (χ4n) is 2.96. The molecule has 2 saturated heterocycles. The van der Waals surface area contributed by atoms with Crippen molar-refractivity contribution in [3.63, 3.8) is 0 Å². The Morgan fingerprint density at radius 1 is 1.30 bits per heavy atom. The van der Waals surface area contributed by atoms with Crippen LogP contribution in [0.5, 0.6) is 0 Å². The number of fused-ring (bicyclic) bond motifs is 1. The first-order valence-corrected chi connectivity index (χ1v) is 10.4. The molecule has 0 amide bonds. The second kappa shape index (κ2) is 5.41. The second-order valence-corrected chi connectivity index (χ2v) is 9.41. The second-order valence-electron chi connectivity index (χ2n) is 5.59. The number of nitrogens with zero attached hydrogens (tertiary/aromatic N) is 2. The van der Waals surface area contributed by atoms with Crippen molar-refractivity contribution in [2.45, 2.75) is 12.1 Å². The molecule has 120 valence electrons. The van der Waals surface area contributed by atoms with Crippen LogP contribution in [0.25, 0.3) is 11.3 Å². The Morgan fingerprint density at radius 3 is 2.78 bits per heavy atom. The normalized spacial score (nSPS) is 25.4. The molecule has 2 aromatic rings. The summed E-state index contributed by atoms with van der Waals surface area (Å²) in [7, 11) is -3.02. The molecular weight excluding hydrogens is 374 g/mol. The smallest absolute Gasteiger partial charge is 0.192 e. The number of sulfone groups is 1. The Bertz CT molecular complexity index is 879. The van der Waals surface area contributed by atoms with Gasteiger partial charge in [-0.05, 0) is 24.4 Å². The van der Waals surface area contributed by atoms with Gasteiger partial charge in [0.05, 0.1) is 29.3 Å². The molecule has 2 fully saturated rings. The molecule has 0 unspecified atom stereocenters. The average Bonchev–Trinajstić information content (AvgIpc) is 3.12. The summed E-state index contributed by atoms with van der Waals surface area (Å²) in [6.07, 6.45) is 0. The van der Waals surface area contributed by atoms with E-state index in [0.29, 0.717) is 10.1 Å². The third-order valence-electron chi connectivity index (χ3n) is 4.02. The highest BCUT2D eigenvalue weighted by Gasteiger charge is 2.48. The number of thiazole rings is 1. The summed E-state index contributed by atoms with van der Waals surface area (Å²) in [6, 6.07) is 7.14. The molecule has 1 aromatic carbocycles.